The van der Waals surface area contributed by atoms with Crippen LogP contribution >= 0.6 is 0 Å². The lowest BCUT2D eigenvalue weighted by Crippen LogP contribution is -2.03. The topological polar surface area (TPSA) is 50.2 Å². The van der Waals surface area contributed by atoms with Crippen molar-refractivity contribution in [2.75, 3.05) is 0 Å². The van der Waals surface area contributed by atoms with Gasteiger partial charge in [-0.3, -0.25) is 9.78 Å². The van der Waals surface area contributed by atoms with E-state index in [0.29, 0.717) is 11.1 Å². The van der Waals surface area contributed by atoms with E-state index in [4.69, 9.17) is 5.11 Å². The van der Waals surface area contributed by atoms with Crippen molar-refractivity contribution in [3.8, 4) is 11.1 Å². The van der Waals surface area contributed by atoms with Crippen molar-refractivity contribution in [3.05, 3.63) is 54.1 Å². The second-order valence-corrected chi connectivity index (χ2v) is 3.59. The van der Waals surface area contributed by atoms with Gasteiger partial charge in [0.2, 0.25) is 0 Å². The third kappa shape index (κ3) is 2.47. The Balaban J connectivity index is 2.46. The van der Waals surface area contributed by atoms with Crippen LogP contribution in [0.4, 0.5) is 4.39 Å². The SMILES string of the molecule is O=C(O)Cc1cccc(-c2cccnc2)c1F. The van der Waals surface area contributed by atoms with Crippen LogP contribution < -0.4 is 0 Å². The fraction of sp³-hybridized carbons (Fsp3) is 0.0769. The molecule has 0 aliphatic heterocycles. The molecule has 0 aliphatic carbocycles. The number of aromatic nitrogens is 1. The number of carbonyl (C=O) groups is 1. The second-order valence-electron chi connectivity index (χ2n) is 3.59. The van der Waals surface area contributed by atoms with Crippen molar-refractivity contribution >= 4 is 5.97 Å². The van der Waals surface area contributed by atoms with Gasteiger partial charge in [0.15, 0.2) is 0 Å². The Morgan fingerprint density at radius 3 is 2.76 bits per heavy atom. The van der Waals surface area contributed by atoms with Crippen LogP contribution in [0.3, 0.4) is 0 Å². The summed E-state index contributed by atoms with van der Waals surface area (Å²) < 4.78 is 14.0. The molecular formula is C13H10FNO2. The zero-order valence-electron chi connectivity index (χ0n) is 8.93. The molecule has 1 N–H and O–H groups in total. The second kappa shape index (κ2) is 4.74. The predicted octanol–water partition coefficient (Wildman–Crippen LogP) is 2.51. The van der Waals surface area contributed by atoms with Gasteiger partial charge in [0, 0.05) is 23.5 Å². The maximum Gasteiger partial charge on any atom is 0.307 e. The maximum atomic E-state index is 14.0. The molecule has 2 aromatic rings. The molecule has 0 spiro atoms. The third-order valence-electron chi connectivity index (χ3n) is 2.39. The number of rotatable bonds is 3. The molecule has 17 heavy (non-hydrogen) atoms. The Bertz CT molecular complexity index is 540. The summed E-state index contributed by atoms with van der Waals surface area (Å²) in [5, 5.41) is 8.67. The number of hydrogen-bond donors (Lipinski definition) is 1. The lowest BCUT2D eigenvalue weighted by atomic mass is 10.0. The highest BCUT2D eigenvalue weighted by Gasteiger charge is 2.11. The minimum atomic E-state index is -1.05. The molecule has 0 unspecified atom stereocenters. The monoisotopic (exact) mass is 231 g/mol. The van der Waals surface area contributed by atoms with Gasteiger partial charge in [-0.15, -0.1) is 0 Å². The van der Waals surface area contributed by atoms with Crippen LogP contribution in [0.25, 0.3) is 11.1 Å². The summed E-state index contributed by atoms with van der Waals surface area (Å²) in [6.45, 7) is 0. The zero-order chi connectivity index (χ0) is 12.3. The van der Waals surface area contributed by atoms with Crippen molar-refractivity contribution in [1.29, 1.82) is 0 Å². The molecule has 3 nitrogen and oxygen atoms in total. The molecule has 0 radical (unpaired) electrons. The normalized spacial score (nSPS) is 10.2. The summed E-state index contributed by atoms with van der Waals surface area (Å²) in [6, 6.07) is 8.17. The Labute approximate surface area is 97.6 Å². The minimum Gasteiger partial charge on any atom is -0.481 e. The molecule has 2 rings (SSSR count). The Morgan fingerprint density at radius 2 is 2.12 bits per heavy atom. The standard InChI is InChI=1S/C13H10FNO2/c14-13-9(7-12(16)17)3-1-5-11(13)10-4-2-6-15-8-10/h1-6,8H,7H2,(H,16,17). The molecular weight excluding hydrogens is 221 g/mol. The van der Waals surface area contributed by atoms with Crippen LogP contribution in [0.1, 0.15) is 5.56 Å². The van der Waals surface area contributed by atoms with E-state index in [0.717, 1.165) is 0 Å². The molecule has 0 aliphatic rings. The van der Waals surface area contributed by atoms with Crippen molar-refractivity contribution in [1.82, 2.24) is 4.98 Å². The number of pyridine rings is 1. The first-order valence-corrected chi connectivity index (χ1v) is 5.08. The first-order chi connectivity index (χ1) is 8.18. The zero-order valence-corrected chi connectivity index (χ0v) is 8.93. The van der Waals surface area contributed by atoms with Gasteiger partial charge >= 0.3 is 5.97 Å². The highest BCUT2D eigenvalue weighted by atomic mass is 19.1. The smallest absolute Gasteiger partial charge is 0.307 e. The highest BCUT2D eigenvalue weighted by molar-refractivity contribution is 5.72. The van der Waals surface area contributed by atoms with Crippen LogP contribution in [-0.2, 0) is 11.2 Å². The van der Waals surface area contributed by atoms with Gasteiger partial charge in [-0.2, -0.15) is 0 Å². The van der Waals surface area contributed by atoms with Crippen molar-refractivity contribution in [3.63, 3.8) is 0 Å². The van der Waals surface area contributed by atoms with E-state index in [1.165, 1.54) is 6.07 Å². The molecule has 0 saturated heterocycles. The summed E-state index contributed by atoms with van der Waals surface area (Å²) >= 11 is 0. The number of nitrogens with zero attached hydrogens (tertiary/aromatic N) is 1. The molecule has 86 valence electrons. The number of carboxylic acids is 1. The van der Waals surface area contributed by atoms with Gasteiger partial charge in [-0.25, -0.2) is 4.39 Å². The van der Waals surface area contributed by atoms with Gasteiger partial charge in [-0.05, 0) is 11.6 Å². The molecule has 1 aromatic heterocycles. The lowest BCUT2D eigenvalue weighted by molar-refractivity contribution is -0.136. The van der Waals surface area contributed by atoms with E-state index >= 15 is 0 Å². The van der Waals surface area contributed by atoms with Gasteiger partial charge in [0.1, 0.15) is 5.82 Å². The molecule has 4 heteroatoms. The number of halogens is 1. The number of carboxylic acid groups (broad SMARTS) is 1. The van der Waals surface area contributed by atoms with Crippen molar-refractivity contribution < 1.29 is 14.3 Å². The summed E-state index contributed by atoms with van der Waals surface area (Å²) in [5.41, 5.74) is 1.19. The van der Waals surface area contributed by atoms with E-state index in [9.17, 15) is 9.18 Å². The quantitative estimate of drug-likeness (QED) is 0.883. The number of aliphatic carboxylic acids is 1. The van der Waals surface area contributed by atoms with Crippen LogP contribution in [0, 0.1) is 5.82 Å². The van der Waals surface area contributed by atoms with Crippen LogP contribution in [0.2, 0.25) is 0 Å². The van der Waals surface area contributed by atoms with Gasteiger partial charge in [-0.1, -0.05) is 24.3 Å². The van der Waals surface area contributed by atoms with E-state index < -0.39 is 11.8 Å². The molecule has 1 aromatic carbocycles. The van der Waals surface area contributed by atoms with Gasteiger partial charge < -0.3 is 5.11 Å². The van der Waals surface area contributed by atoms with Crippen LogP contribution in [0.15, 0.2) is 42.7 Å². The van der Waals surface area contributed by atoms with Crippen LogP contribution in [0.5, 0.6) is 0 Å². The molecule has 1 heterocycles. The van der Waals surface area contributed by atoms with E-state index in [1.54, 1.807) is 36.7 Å². The van der Waals surface area contributed by atoms with Gasteiger partial charge in [0.25, 0.3) is 0 Å². The summed E-state index contributed by atoms with van der Waals surface area (Å²) in [7, 11) is 0. The Kier molecular flexibility index (Phi) is 3.14. The highest BCUT2D eigenvalue weighted by Crippen LogP contribution is 2.24. The average molecular weight is 231 g/mol. The first-order valence-electron chi connectivity index (χ1n) is 5.08. The Morgan fingerprint density at radius 1 is 1.29 bits per heavy atom. The molecule has 0 fully saturated rings. The van der Waals surface area contributed by atoms with E-state index in [2.05, 4.69) is 4.98 Å². The van der Waals surface area contributed by atoms with Gasteiger partial charge in [0.05, 0.1) is 6.42 Å². The third-order valence-corrected chi connectivity index (χ3v) is 2.39. The fourth-order valence-corrected chi connectivity index (χ4v) is 1.62. The number of hydrogen-bond acceptors (Lipinski definition) is 2. The summed E-state index contributed by atoms with van der Waals surface area (Å²) in [4.78, 5) is 14.5. The maximum absolute atomic E-state index is 14.0. The number of benzene rings is 1. The van der Waals surface area contributed by atoms with E-state index in [1.807, 2.05) is 0 Å². The molecule has 0 saturated carbocycles. The molecule has 0 bridgehead atoms. The first kappa shape index (κ1) is 11.3. The predicted molar refractivity (Wildman–Crippen MR) is 61.0 cm³/mol. The summed E-state index contributed by atoms with van der Waals surface area (Å²) in [6.07, 6.45) is 2.82. The minimum absolute atomic E-state index is 0.179. The molecule has 0 amide bonds. The fourth-order valence-electron chi connectivity index (χ4n) is 1.62. The summed E-state index contributed by atoms with van der Waals surface area (Å²) in [5.74, 6) is -1.55. The van der Waals surface area contributed by atoms with Crippen LogP contribution in [-0.4, -0.2) is 16.1 Å². The molecule has 0 atom stereocenters. The average Bonchev–Trinajstić information content (AvgIpc) is 2.32. The lowest BCUT2D eigenvalue weighted by Gasteiger charge is -2.06. The largest absolute Gasteiger partial charge is 0.481 e. The van der Waals surface area contributed by atoms with Crippen molar-refractivity contribution in [2.24, 2.45) is 0 Å². The Hall–Kier alpha value is -2.23. The van der Waals surface area contributed by atoms with E-state index in [-0.39, 0.29) is 12.0 Å². The van der Waals surface area contributed by atoms with Crippen molar-refractivity contribution in [2.45, 2.75) is 6.42 Å².